The topological polar surface area (TPSA) is 65.4 Å². The van der Waals surface area contributed by atoms with Crippen LogP contribution in [0.5, 0.6) is 11.5 Å². The quantitative estimate of drug-likeness (QED) is 0.928. The van der Waals surface area contributed by atoms with Crippen LogP contribution in [-0.2, 0) is 13.5 Å². The van der Waals surface area contributed by atoms with Gasteiger partial charge in [-0.25, -0.2) is 8.78 Å². The molecule has 1 N–H and O–H groups in total. The predicted molar refractivity (Wildman–Crippen MR) is 81.6 cm³/mol. The molecule has 1 amide bonds. The summed E-state index contributed by atoms with van der Waals surface area (Å²) in [6.45, 7) is 0.276. The highest BCUT2D eigenvalue weighted by atomic mass is 19.3. The maximum atomic E-state index is 12.7. The van der Waals surface area contributed by atoms with Gasteiger partial charge in [0.15, 0.2) is 11.5 Å². The third-order valence-corrected chi connectivity index (χ3v) is 3.87. The molecule has 8 heteroatoms. The van der Waals surface area contributed by atoms with Crippen LogP contribution in [0.25, 0.3) is 0 Å². The van der Waals surface area contributed by atoms with Crippen LogP contribution in [0.1, 0.15) is 28.2 Å². The molecule has 6 nitrogen and oxygen atoms in total. The standard InChI is InChI=1S/C16H17F2N3O3/c1-21-12(7-11(20-21)15(17)18)16(22)19-10-6-9-4-3-5-13(23-2)14(9)24-8-10/h3-5,7,10,15H,6,8H2,1-2H3,(H,19,22). The Bertz CT molecular complexity index is 761. The van der Waals surface area contributed by atoms with Gasteiger partial charge in [-0.15, -0.1) is 0 Å². The Morgan fingerprint density at radius 2 is 2.29 bits per heavy atom. The number of nitrogens with zero attached hydrogens (tertiary/aromatic N) is 2. The molecule has 2 aromatic rings. The highest BCUT2D eigenvalue weighted by Gasteiger charge is 2.26. The van der Waals surface area contributed by atoms with E-state index in [4.69, 9.17) is 9.47 Å². The SMILES string of the molecule is COc1cccc2c1OCC(NC(=O)c1cc(C(F)F)nn1C)C2. The van der Waals surface area contributed by atoms with Crippen molar-refractivity contribution in [3.63, 3.8) is 0 Å². The summed E-state index contributed by atoms with van der Waals surface area (Å²) in [5, 5.41) is 6.44. The van der Waals surface area contributed by atoms with Crippen LogP contribution < -0.4 is 14.8 Å². The van der Waals surface area contributed by atoms with Crippen LogP contribution in [0.3, 0.4) is 0 Å². The van der Waals surface area contributed by atoms with E-state index in [1.807, 2.05) is 12.1 Å². The van der Waals surface area contributed by atoms with Crippen LogP contribution in [0, 0.1) is 0 Å². The number of aromatic nitrogens is 2. The van der Waals surface area contributed by atoms with Crippen LogP contribution in [0.2, 0.25) is 0 Å². The molecule has 0 bridgehead atoms. The van der Waals surface area contributed by atoms with Crippen molar-refractivity contribution in [3.8, 4) is 11.5 Å². The largest absolute Gasteiger partial charge is 0.493 e. The molecule has 0 spiro atoms. The number of ether oxygens (including phenoxy) is 2. The second kappa shape index (κ2) is 6.46. The molecule has 1 aromatic carbocycles. The summed E-state index contributed by atoms with van der Waals surface area (Å²) in [5.41, 5.74) is 0.587. The van der Waals surface area contributed by atoms with Crippen molar-refractivity contribution in [1.29, 1.82) is 0 Å². The van der Waals surface area contributed by atoms with Gasteiger partial charge in [0.1, 0.15) is 18.0 Å². The van der Waals surface area contributed by atoms with Crippen molar-refractivity contribution >= 4 is 5.91 Å². The normalized spacial score (nSPS) is 16.5. The number of benzene rings is 1. The van der Waals surface area contributed by atoms with Crippen molar-refractivity contribution < 1.29 is 23.0 Å². The van der Waals surface area contributed by atoms with E-state index in [2.05, 4.69) is 10.4 Å². The van der Waals surface area contributed by atoms with Gasteiger partial charge in [-0.1, -0.05) is 12.1 Å². The Balaban J connectivity index is 1.72. The Labute approximate surface area is 137 Å². The van der Waals surface area contributed by atoms with Gasteiger partial charge in [0.2, 0.25) is 0 Å². The average Bonchev–Trinajstić information content (AvgIpc) is 2.96. The van der Waals surface area contributed by atoms with Gasteiger partial charge in [0, 0.05) is 12.6 Å². The van der Waals surface area contributed by atoms with Crippen molar-refractivity contribution in [2.24, 2.45) is 7.05 Å². The molecule has 2 heterocycles. The smallest absolute Gasteiger partial charge is 0.282 e. The lowest BCUT2D eigenvalue weighted by atomic mass is 10.0. The number of amides is 1. The van der Waals surface area contributed by atoms with Gasteiger partial charge in [0.25, 0.3) is 12.3 Å². The molecule has 1 unspecified atom stereocenters. The highest BCUT2D eigenvalue weighted by Crippen LogP contribution is 2.34. The second-order valence-corrected chi connectivity index (χ2v) is 5.51. The molecule has 1 atom stereocenters. The summed E-state index contributed by atoms with van der Waals surface area (Å²) < 4.78 is 37.4. The van der Waals surface area contributed by atoms with E-state index in [-0.39, 0.29) is 18.3 Å². The van der Waals surface area contributed by atoms with Gasteiger partial charge < -0.3 is 14.8 Å². The molecule has 1 aliphatic rings. The first kappa shape index (κ1) is 16.2. The number of carbonyl (C=O) groups is 1. The highest BCUT2D eigenvalue weighted by molar-refractivity contribution is 5.93. The molecule has 0 aliphatic carbocycles. The average molecular weight is 337 g/mol. The zero-order chi connectivity index (χ0) is 17.3. The number of para-hydroxylation sites is 1. The zero-order valence-electron chi connectivity index (χ0n) is 13.3. The van der Waals surface area contributed by atoms with Crippen molar-refractivity contribution in [1.82, 2.24) is 15.1 Å². The van der Waals surface area contributed by atoms with Crippen LogP contribution in [-0.4, -0.2) is 35.4 Å². The van der Waals surface area contributed by atoms with Gasteiger partial charge in [-0.3, -0.25) is 9.48 Å². The van der Waals surface area contributed by atoms with E-state index in [1.165, 1.54) is 7.05 Å². The maximum absolute atomic E-state index is 12.7. The lowest BCUT2D eigenvalue weighted by Gasteiger charge is -2.27. The van der Waals surface area contributed by atoms with Crippen LogP contribution in [0.15, 0.2) is 24.3 Å². The summed E-state index contributed by atoms with van der Waals surface area (Å²) in [7, 11) is 3.02. The number of carbonyl (C=O) groups excluding carboxylic acids is 1. The number of hydrogen-bond acceptors (Lipinski definition) is 4. The summed E-state index contributed by atoms with van der Waals surface area (Å²) in [6, 6.07) is 6.39. The first-order valence-corrected chi connectivity index (χ1v) is 7.41. The Kier molecular flexibility index (Phi) is 4.37. The zero-order valence-corrected chi connectivity index (χ0v) is 13.3. The molecule has 128 valence electrons. The van der Waals surface area contributed by atoms with Gasteiger partial charge in [0.05, 0.1) is 13.2 Å². The van der Waals surface area contributed by atoms with E-state index in [0.717, 1.165) is 16.3 Å². The molecule has 0 saturated heterocycles. The number of aryl methyl sites for hydroxylation is 1. The summed E-state index contributed by atoms with van der Waals surface area (Å²) in [5.74, 6) is 0.855. The lowest BCUT2D eigenvalue weighted by Crippen LogP contribution is -2.43. The van der Waals surface area contributed by atoms with Crippen LogP contribution >= 0.6 is 0 Å². The summed E-state index contributed by atoms with van der Waals surface area (Å²) in [4.78, 5) is 12.3. The van der Waals surface area contributed by atoms with Gasteiger partial charge in [-0.2, -0.15) is 5.10 Å². The number of fused-ring (bicyclic) bond motifs is 1. The molecule has 3 rings (SSSR count). The number of alkyl halides is 2. The molecular weight excluding hydrogens is 320 g/mol. The Morgan fingerprint density at radius 3 is 2.96 bits per heavy atom. The Hall–Kier alpha value is -2.64. The maximum Gasteiger partial charge on any atom is 0.282 e. The minimum Gasteiger partial charge on any atom is -0.493 e. The first-order chi connectivity index (χ1) is 11.5. The fourth-order valence-corrected chi connectivity index (χ4v) is 2.72. The van der Waals surface area contributed by atoms with E-state index in [1.54, 1.807) is 13.2 Å². The van der Waals surface area contributed by atoms with Crippen LogP contribution in [0.4, 0.5) is 8.78 Å². The van der Waals surface area contributed by atoms with Crippen molar-refractivity contribution in [2.45, 2.75) is 18.9 Å². The molecule has 24 heavy (non-hydrogen) atoms. The molecular formula is C16H17F2N3O3. The molecule has 1 aliphatic heterocycles. The lowest BCUT2D eigenvalue weighted by molar-refractivity contribution is 0.0905. The van der Waals surface area contributed by atoms with E-state index in [0.29, 0.717) is 17.9 Å². The summed E-state index contributed by atoms with van der Waals surface area (Å²) in [6.07, 6.45) is -2.15. The number of halogens is 2. The predicted octanol–water partition coefficient (Wildman–Crippen LogP) is 2.10. The Morgan fingerprint density at radius 1 is 1.50 bits per heavy atom. The van der Waals surface area contributed by atoms with E-state index < -0.39 is 18.0 Å². The monoisotopic (exact) mass is 337 g/mol. The molecule has 0 fully saturated rings. The molecule has 0 saturated carbocycles. The third kappa shape index (κ3) is 3.04. The van der Waals surface area contributed by atoms with Crippen molar-refractivity contribution in [2.75, 3.05) is 13.7 Å². The van der Waals surface area contributed by atoms with E-state index in [9.17, 15) is 13.6 Å². The van der Waals surface area contributed by atoms with Crippen molar-refractivity contribution in [3.05, 3.63) is 41.2 Å². The summed E-state index contributed by atoms with van der Waals surface area (Å²) >= 11 is 0. The minimum atomic E-state index is -2.71. The fraction of sp³-hybridized carbons (Fsp3) is 0.375. The van der Waals surface area contributed by atoms with Gasteiger partial charge >= 0.3 is 0 Å². The minimum absolute atomic E-state index is 0.0849. The molecule has 1 aromatic heterocycles. The van der Waals surface area contributed by atoms with Gasteiger partial charge in [-0.05, 0) is 18.6 Å². The second-order valence-electron chi connectivity index (χ2n) is 5.51. The number of hydrogen-bond donors (Lipinski definition) is 1. The number of rotatable bonds is 4. The fourth-order valence-electron chi connectivity index (χ4n) is 2.72. The number of nitrogens with one attached hydrogen (secondary N) is 1. The number of methoxy groups -OCH3 is 1. The molecule has 0 radical (unpaired) electrons. The first-order valence-electron chi connectivity index (χ1n) is 7.41. The van der Waals surface area contributed by atoms with E-state index >= 15 is 0 Å². The third-order valence-electron chi connectivity index (χ3n) is 3.87.